The highest BCUT2D eigenvalue weighted by molar-refractivity contribution is 6.62. The normalized spacial score (nSPS) is 18.0. The van der Waals surface area contributed by atoms with Crippen LogP contribution in [0.4, 0.5) is 13.2 Å². The van der Waals surface area contributed by atoms with Gasteiger partial charge in [0, 0.05) is 10.9 Å². The maximum absolute atomic E-state index is 14.6. The van der Waals surface area contributed by atoms with E-state index < -0.39 is 32.2 Å². The molecule has 0 spiro atoms. The van der Waals surface area contributed by atoms with Crippen LogP contribution >= 0.6 is 0 Å². The monoisotopic (exact) mass is 615 g/mol. The number of rotatable bonds is 6. The standard InChI is InChI=1S/C18H16BF2NO3.C15H14BFO2.CH4/c1-11(22-10-23)18-12(2)24-19(25-18)16-7-6-14(9-17(16)21)13-4-3-5-15(20)8-13;1-11-3-2-4-12(9-11)13-5-6-14(15(17)10-13)16-18-7-8-19-16;/h3-9,11-12,18H,1-2H3;2-6,9-10H,7-8H2,1H3;1H4/t11?,12-,18-;;/m0../s1. The minimum Gasteiger partial charge on any atom is -0.405 e. The summed E-state index contributed by atoms with van der Waals surface area (Å²) < 4.78 is 64.0. The van der Waals surface area contributed by atoms with Gasteiger partial charge in [-0.3, -0.25) is 0 Å². The van der Waals surface area contributed by atoms with Crippen molar-refractivity contribution in [1.82, 2.24) is 0 Å². The van der Waals surface area contributed by atoms with E-state index in [-0.39, 0.29) is 30.6 Å². The molecule has 2 fully saturated rings. The largest absolute Gasteiger partial charge is 0.497 e. The summed E-state index contributed by atoms with van der Waals surface area (Å²) in [5.74, 6) is -1.18. The van der Waals surface area contributed by atoms with Gasteiger partial charge in [0.25, 0.3) is 0 Å². The van der Waals surface area contributed by atoms with E-state index in [4.69, 9.17) is 18.6 Å². The highest BCUT2D eigenvalue weighted by Crippen LogP contribution is 2.25. The summed E-state index contributed by atoms with van der Waals surface area (Å²) in [5.41, 5.74) is 4.89. The molecule has 0 amide bonds. The second-order valence-corrected chi connectivity index (χ2v) is 10.7. The Morgan fingerprint density at radius 2 is 1.33 bits per heavy atom. The van der Waals surface area contributed by atoms with Crippen molar-refractivity contribution in [2.24, 2.45) is 4.99 Å². The highest BCUT2D eigenvalue weighted by atomic mass is 19.1. The Labute approximate surface area is 262 Å². The minimum atomic E-state index is -0.883. The van der Waals surface area contributed by atoms with Crippen LogP contribution < -0.4 is 10.9 Å². The lowest BCUT2D eigenvalue weighted by atomic mass is 9.78. The average Bonchev–Trinajstić information content (AvgIpc) is 3.68. The molecule has 4 aromatic rings. The second-order valence-electron chi connectivity index (χ2n) is 10.7. The number of hydrogen-bond donors (Lipinski definition) is 0. The molecule has 2 aliphatic heterocycles. The molecule has 0 bridgehead atoms. The molecule has 0 aromatic heterocycles. The molecule has 0 radical (unpaired) electrons. The number of carbonyl (C=O) groups excluding carboxylic acids is 1. The topological polar surface area (TPSA) is 66.4 Å². The summed E-state index contributed by atoms with van der Waals surface area (Å²) in [7, 11) is -1.45. The predicted octanol–water partition coefficient (Wildman–Crippen LogP) is 6.03. The summed E-state index contributed by atoms with van der Waals surface area (Å²) >= 11 is 0. The fourth-order valence-corrected chi connectivity index (χ4v) is 5.19. The molecule has 11 heteroatoms. The molecule has 2 heterocycles. The van der Waals surface area contributed by atoms with Crippen molar-refractivity contribution in [2.45, 2.75) is 46.4 Å². The molecule has 232 valence electrons. The van der Waals surface area contributed by atoms with Crippen LogP contribution in [0.1, 0.15) is 26.8 Å². The van der Waals surface area contributed by atoms with Gasteiger partial charge in [-0.1, -0.05) is 73.7 Å². The number of aryl methyl sites for hydroxylation is 1. The molecule has 1 unspecified atom stereocenters. The Bertz CT molecular complexity index is 1660. The van der Waals surface area contributed by atoms with Crippen LogP contribution in [-0.2, 0) is 23.4 Å². The Balaban J connectivity index is 0.000000207. The highest BCUT2D eigenvalue weighted by Gasteiger charge is 2.42. The van der Waals surface area contributed by atoms with E-state index in [1.165, 1.54) is 30.3 Å². The van der Waals surface area contributed by atoms with E-state index in [0.29, 0.717) is 29.8 Å². The van der Waals surface area contributed by atoms with E-state index >= 15 is 0 Å². The fraction of sp³-hybridized carbons (Fsp3) is 0.265. The van der Waals surface area contributed by atoms with Gasteiger partial charge in [0.1, 0.15) is 17.5 Å². The molecular weight excluding hydrogens is 581 g/mol. The molecule has 2 saturated heterocycles. The lowest BCUT2D eigenvalue weighted by molar-refractivity contribution is 0.150. The van der Waals surface area contributed by atoms with Gasteiger partial charge in [0.05, 0.1) is 31.5 Å². The molecule has 0 aliphatic carbocycles. The number of isocyanates is 1. The number of aliphatic imine (C=N–C) groups is 1. The molecule has 45 heavy (non-hydrogen) atoms. The van der Waals surface area contributed by atoms with Crippen LogP contribution in [0.2, 0.25) is 0 Å². The zero-order valence-electron chi connectivity index (χ0n) is 24.5. The third-order valence-electron chi connectivity index (χ3n) is 7.45. The molecule has 6 nitrogen and oxygen atoms in total. The first kappa shape index (κ1) is 33.9. The van der Waals surface area contributed by atoms with Crippen molar-refractivity contribution < 1.29 is 36.6 Å². The van der Waals surface area contributed by atoms with Crippen molar-refractivity contribution in [1.29, 1.82) is 0 Å². The number of benzene rings is 4. The van der Waals surface area contributed by atoms with E-state index in [0.717, 1.165) is 16.7 Å². The minimum absolute atomic E-state index is 0. The van der Waals surface area contributed by atoms with Crippen LogP contribution in [-0.4, -0.2) is 51.8 Å². The Morgan fingerprint density at radius 3 is 1.89 bits per heavy atom. The van der Waals surface area contributed by atoms with E-state index in [1.54, 1.807) is 44.2 Å². The van der Waals surface area contributed by atoms with Crippen LogP contribution in [0.5, 0.6) is 0 Å². The molecule has 2 aliphatic rings. The van der Waals surface area contributed by atoms with Crippen molar-refractivity contribution in [3.8, 4) is 22.3 Å². The first-order valence-corrected chi connectivity index (χ1v) is 14.3. The van der Waals surface area contributed by atoms with Crippen LogP contribution in [0.25, 0.3) is 22.3 Å². The predicted molar refractivity (Wildman–Crippen MR) is 171 cm³/mol. The Morgan fingerprint density at radius 1 is 0.778 bits per heavy atom. The van der Waals surface area contributed by atoms with Crippen LogP contribution in [0.3, 0.4) is 0 Å². The van der Waals surface area contributed by atoms with Crippen molar-refractivity contribution >= 4 is 31.2 Å². The van der Waals surface area contributed by atoms with Gasteiger partial charge < -0.3 is 18.6 Å². The van der Waals surface area contributed by atoms with Gasteiger partial charge in [0.2, 0.25) is 6.08 Å². The van der Waals surface area contributed by atoms with E-state index in [9.17, 15) is 18.0 Å². The first-order chi connectivity index (χ1) is 21.2. The Kier molecular flexibility index (Phi) is 11.6. The van der Waals surface area contributed by atoms with Gasteiger partial charge in [-0.15, -0.1) is 0 Å². The summed E-state index contributed by atoms with van der Waals surface area (Å²) in [6, 6.07) is 23.3. The SMILES string of the molecule is C.CC(N=C=O)[C@@H]1OB(c2ccc(-c3cccc(F)c3)cc2F)O[C@H]1C.Cc1cccc(-c2ccc(B3OCCO3)c(F)c2)c1. The summed E-state index contributed by atoms with van der Waals surface area (Å²) in [6.45, 7) is 6.55. The number of halogens is 3. The average molecular weight is 615 g/mol. The van der Waals surface area contributed by atoms with Gasteiger partial charge in [-0.25, -0.2) is 23.0 Å². The Hall–Kier alpha value is -3.98. The lowest BCUT2D eigenvalue weighted by Crippen LogP contribution is -2.36. The summed E-state index contributed by atoms with van der Waals surface area (Å²) in [6.07, 6.45) is 0.684. The molecule has 4 aromatic carbocycles. The summed E-state index contributed by atoms with van der Waals surface area (Å²) in [4.78, 5) is 14.0. The quantitative estimate of drug-likeness (QED) is 0.151. The van der Waals surface area contributed by atoms with Gasteiger partial charge in [0.15, 0.2) is 0 Å². The maximum atomic E-state index is 14.6. The van der Waals surface area contributed by atoms with E-state index in [1.807, 2.05) is 37.3 Å². The van der Waals surface area contributed by atoms with Crippen molar-refractivity contribution in [2.75, 3.05) is 13.2 Å². The van der Waals surface area contributed by atoms with E-state index in [2.05, 4.69) is 4.99 Å². The molecular formula is C34H34B2F3NO5. The molecule has 6 rings (SSSR count). The molecule has 0 N–H and O–H groups in total. The molecule has 3 atom stereocenters. The zero-order valence-corrected chi connectivity index (χ0v) is 24.5. The third-order valence-corrected chi connectivity index (χ3v) is 7.45. The fourth-order valence-electron chi connectivity index (χ4n) is 5.19. The smallest absolute Gasteiger partial charge is 0.405 e. The van der Waals surface area contributed by atoms with Gasteiger partial charge in [-0.2, -0.15) is 0 Å². The van der Waals surface area contributed by atoms with Crippen molar-refractivity contribution in [3.05, 3.63) is 108 Å². The number of hydrogen-bond acceptors (Lipinski definition) is 6. The first-order valence-electron chi connectivity index (χ1n) is 14.3. The molecule has 0 saturated carbocycles. The summed E-state index contributed by atoms with van der Waals surface area (Å²) in [5, 5.41) is 0. The van der Waals surface area contributed by atoms with Gasteiger partial charge >= 0.3 is 14.2 Å². The maximum Gasteiger partial charge on any atom is 0.497 e. The van der Waals surface area contributed by atoms with Crippen LogP contribution in [0.15, 0.2) is 89.9 Å². The van der Waals surface area contributed by atoms with Crippen molar-refractivity contribution in [3.63, 3.8) is 0 Å². The van der Waals surface area contributed by atoms with Gasteiger partial charge in [-0.05, 0) is 67.3 Å². The second kappa shape index (κ2) is 15.3. The number of nitrogens with zero attached hydrogens (tertiary/aromatic N) is 1. The third kappa shape index (κ3) is 8.19. The van der Waals surface area contributed by atoms with Crippen LogP contribution in [0, 0.1) is 24.4 Å². The zero-order chi connectivity index (χ0) is 31.2. The lowest BCUT2D eigenvalue weighted by Gasteiger charge is -2.16.